The molecule has 1 atom stereocenters. The second kappa shape index (κ2) is 5.24. The van der Waals surface area contributed by atoms with E-state index in [0.717, 1.165) is 30.1 Å². The molecule has 1 aromatic rings. The third-order valence-corrected chi connectivity index (χ3v) is 4.58. The summed E-state index contributed by atoms with van der Waals surface area (Å²) < 4.78 is 0. The number of hydrogen-bond donors (Lipinski definition) is 3. The highest BCUT2D eigenvalue weighted by atomic mass is 32.1. The van der Waals surface area contributed by atoms with Gasteiger partial charge >= 0.3 is 0 Å². The fraction of sp³-hybridized carbons (Fsp3) is 0.667. The standard InChI is InChI=1S/C12H20N4OS/c1-8-6-18-11(15-8)9(2)14-7-12(3-4-12)5-10(13)16-17/h6,9,14,17H,3-5,7H2,1-2H3,(H2,13,16). The lowest BCUT2D eigenvalue weighted by atomic mass is 10.0. The van der Waals surface area contributed by atoms with Gasteiger partial charge in [0.2, 0.25) is 0 Å². The number of amidine groups is 1. The average Bonchev–Trinajstić information content (AvgIpc) is 2.98. The van der Waals surface area contributed by atoms with Gasteiger partial charge in [-0.2, -0.15) is 0 Å². The lowest BCUT2D eigenvalue weighted by Crippen LogP contribution is -2.30. The van der Waals surface area contributed by atoms with E-state index in [4.69, 9.17) is 10.9 Å². The maximum atomic E-state index is 8.62. The number of nitrogens with zero attached hydrogens (tertiary/aromatic N) is 2. The van der Waals surface area contributed by atoms with Gasteiger partial charge < -0.3 is 16.3 Å². The lowest BCUT2D eigenvalue weighted by molar-refractivity contribution is 0.313. The van der Waals surface area contributed by atoms with Crippen LogP contribution in [-0.2, 0) is 0 Å². The van der Waals surface area contributed by atoms with Crippen molar-refractivity contribution in [1.82, 2.24) is 10.3 Å². The number of aromatic nitrogens is 1. The Morgan fingerprint density at radius 1 is 1.72 bits per heavy atom. The first-order valence-electron chi connectivity index (χ1n) is 6.16. The van der Waals surface area contributed by atoms with Gasteiger partial charge in [0.05, 0.1) is 6.04 Å². The molecule has 18 heavy (non-hydrogen) atoms. The van der Waals surface area contributed by atoms with Crippen LogP contribution in [0, 0.1) is 12.3 Å². The van der Waals surface area contributed by atoms with Crippen LogP contribution in [0.2, 0.25) is 0 Å². The van der Waals surface area contributed by atoms with E-state index in [0.29, 0.717) is 12.3 Å². The summed E-state index contributed by atoms with van der Waals surface area (Å²) in [6.07, 6.45) is 2.94. The molecule has 0 aliphatic heterocycles. The first kappa shape index (κ1) is 13.3. The van der Waals surface area contributed by atoms with Gasteiger partial charge in [0.15, 0.2) is 0 Å². The topological polar surface area (TPSA) is 83.5 Å². The molecule has 0 radical (unpaired) electrons. The summed E-state index contributed by atoms with van der Waals surface area (Å²) in [5.41, 5.74) is 6.84. The molecule has 1 aliphatic carbocycles. The molecular weight excluding hydrogens is 248 g/mol. The van der Waals surface area contributed by atoms with Gasteiger partial charge in [-0.05, 0) is 32.1 Å². The van der Waals surface area contributed by atoms with E-state index >= 15 is 0 Å². The zero-order valence-electron chi connectivity index (χ0n) is 10.8. The Morgan fingerprint density at radius 3 is 2.94 bits per heavy atom. The molecular formula is C12H20N4OS. The molecule has 0 amide bonds. The Morgan fingerprint density at radius 2 is 2.44 bits per heavy atom. The molecule has 0 saturated heterocycles. The van der Waals surface area contributed by atoms with Gasteiger partial charge in [0.1, 0.15) is 10.8 Å². The van der Waals surface area contributed by atoms with Crippen molar-refractivity contribution in [3.63, 3.8) is 0 Å². The minimum Gasteiger partial charge on any atom is -0.409 e. The predicted octanol–water partition coefficient (Wildman–Crippen LogP) is 2.02. The first-order valence-corrected chi connectivity index (χ1v) is 7.04. The minimum atomic E-state index is 0.191. The number of nitrogens with two attached hydrogens (primary N) is 1. The van der Waals surface area contributed by atoms with Crippen LogP contribution in [0.5, 0.6) is 0 Å². The van der Waals surface area contributed by atoms with E-state index in [9.17, 15) is 0 Å². The maximum Gasteiger partial charge on any atom is 0.139 e. The number of thiazole rings is 1. The predicted molar refractivity (Wildman–Crippen MR) is 73.0 cm³/mol. The van der Waals surface area contributed by atoms with E-state index in [-0.39, 0.29) is 11.5 Å². The summed E-state index contributed by atoms with van der Waals surface area (Å²) in [6, 6.07) is 0.258. The molecule has 0 bridgehead atoms. The average molecular weight is 268 g/mol. The summed E-state index contributed by atoms with van der Waals surface area (Å²) in [7, 11) is 0. The van der Waals surface area contributed by atoms with Crippen molar-refractivity contribution < 1.29 is 5.21 Å². The van der Waals surface area contributed by atoms with Gasteiger partial charge in [0, 0.05) is 24.0 Å². The van der Waals surface area contributed by atoms with Crippen molar-refractivity contribution in [3.05, 3.63) is 16.1 Å². The second-order valence-corrected chi connectivity index (χ2v) is 6.09. The van der Waals surface area contributed by atoms with Crippen molar-refractivity contribution in [3.8, 4) is 0 Å². The smallest absolute Gasteiger partial charge is 0.139 e. The fourth-order valence-corrected chi connectivity index (χ4v) is 2.87. The van der Waals surface area contributed by atoms with Crippen molar-refractivity contribution in [2.75, 3.05) is 6.54 Å². The highest BCUT2D eigenvalue weighted by Crippen LogP contribution is 2.48. The number of rotatable bonds is 6. The van der Waals surface area contributed by atoms with E-state index in [1.54, 1.807) is 11.3 Å². The Kier molecular flexibility index (Phi) is 3.87. The molecule has 0 aromatic carbocycles. The van der Waals surface area contributed by atoms with E-state index in [2.05, 4.69) is 27.8 Å². The van der Waals surface area contributed by atoms with Crippen molar-refractivity contribution in [1.29, 1.82) is 0 Å². The van der Waals surface area contributed by atoms with Crippen molar-refractivity contribution >= 4 is 17.2 Å². The number of nitrogens with one attached hydrogen (secondary N) is 1. The van der Waals surface area contributed by atoms with Gasteiger partial charge in [-0.1, -0.05) is 5.16 Å². The summed E-state index contributed by atoms with van der Waals surface area (Å²) in [6.45, 7) is 5.02. The highest BCUT2D eigenvalue weighted by Gasteiger charge is 2.43. The molecule has 6 heteroatoms. The summed E-state index contributed by atoms with van der Waals surface area (Å²) in [5, 5.41) is 18.4. The maximum absolute atomic E-state index is 8.62. The lowest BCUT2D eigenvalue weighted by Gasteiger charge is -2.18. The van der Waals surface area contributed by atoms with Crippen LogP contribution in [0.25, 0.3) is 0 Å². The van der Waals surface area contributed by atoms with Crippen LogP contribution >= 0.6 is 11.3 Å². The monoisotopic (exact) mass is 268 g/mol. The van der Waals surface area contributed by atoms with Crippen LogP contribution < -0.4 is 11.1 Å². The van der Waals surface area contributed by atoms with E-state index in [1.165, 1.54) is 0 Å². The molecule has 5 nitrogen and oxygen atoms in total. The first-order chi connectivity index (χ1) is 8.54. The number of aryl methyl sites for hydroxylation is 1. The molecule has 1 fully saturated rings. The van der Waals surface area contributed by atoms with E-state index in [1.807, 2.05) is 6.92 Å². The van der Waals surface area contributed by atoms with Crippen LogP contribution in [0.3, 0.4) is 0 Å². The normalized spacial score (nSPS) is 19.8. The Balaban J connectivity index is 1.84. The zero-order chi connectivity index (χ0) is 13.2. The van der Waals surface area contributed by atoms with Crippen LogP contribution in [0.15, 0.2) is 10.5 Å². The third kappa shape index (κ3) is 3.20. The molecule has 1 saturated carbocycles. The SMILES string of the molecule is Cc1csc(C(C)NCC2(CC(N)=NO)CC2)n1. The van der Waals surface area contributed by atoms with E-state index < -0.39 is 0 Å². The molecule has 1 unspecified atom stereocenters. The largest absolute Gasteiger partial charge is 0.409 e. The molecule has 0 spiro atoms. The number of hydrogen-bond acceptors (Lipinski definition) is 5. The van der Waals surface area contributed by atoms with Gasteiger partial charge in [-0.15, -0.1) is 11.3 Å². The fourth-order valence-electron chi connectivity index (χ4n) is 2.04. The third-order valence-electron chi connectivity index (χ3n) is 3.43. The Labute approximate surface area is 111 Å². The van der Waals surface area contributed by atoms with Crippen LogP contribution in [0.1, 0.15) is 42.9 Å². The Hall–Kier alpha value is -1.14. The number of oxime groups is 1. The summed E-state index contributed by atoms with van der Waals surface area (Å²) >= 11 is 1.69. The van der Waals surface area contributed by atoms with Crippen LogP contribution in [0.4, 0.5) is 0 Å². The summed E-state index contributed by atoms with van der Waals surface area (Å²) in [5.74, 6) is 0.326. The van der Waals surface area contributed by atoms with Gasteiger partial charge in [0.25, 0.3) is 0 Å². The molecule has 4 N–H and O–H groups in total. The Bertz CT molecular complexity index is 439. The molecule has 2 rings (SSSR count). The minimum absolute atomic E-state index is 0.191. The molecule has 1 heterocycles. The molecule has 1 aliphatic rings. The molecule has 100 valence electrons. The quantitative estimate of drug-likeness (QED) is 0.319. The second-order valence-electron chi connectivity index (χ2n) is 5.20. The van der Waals surface area contributed by atoms with Gasteiger partial charge in [-0.25, -0.2) is 4.98 Å². The highest BCUT2D eigenvalue weighted by molar-refractivity contribution is 7.09. The molecule has 1 aromatic heterocycles. The van der Waals surface area contributed by atoms with Crippen LogP contribution in [-0.4, -0.2) is 22.6 Å². The van der Waals surface area contributed by atoms with Gasteiger partial charge in [-0.3, -0.25) is 0 Å². The summed E-state index contributed by atoms with van der Waals surface area (Å²) in [4.78, 5) is 4.48. The van der Waals surface area contributed by atoms with Crippen molar-refractivity contribution in [2.45, 2.75) is 39.2 Å². The van der Waals surface area contributed by atoms with Crippen molar-refractivity contribution in [2.24, 2.45) is 16.3 Å². The zero-order valence-corrected chi connectivity index (χ0v) is 11.6.